The van der Waals surface area contributed by atoms with Crippen LogP contribution in [0.15, 0.2) is 4.99 Å². The Balaban J connectivity index is 2.89. The van der Waals surface area contributed by atoms with Gasteiger partial charge in [0.1, 0.15) is 0 Å². The van der Waals surface area contributed by atoms with Crippen LogP contribution in [-0.4, -0.2) is 31.8 Å². The van der Waals surface area contributed by atoms with Crippen molar-refractivity contribution in [2.24, 2.45) is 4.99 Å². The summed E-state index contributed by atoms with van der Waals surface area (Å²) >= 11 is 2.97. The number of nitrogens with one attached hydrogen (secondary N) is 1. The van der Waals surface area contributed by atoms with Crippen molar-refractivity contribution in [2.75, 3.05) is 0 Å². The Bertz CT molecular complexity index is 182. The van der Waals surface area contributed by atoms with Gasteiger partial charge in [-0.1, -0.05) is 0 Å². The molecule has 0 aromatic carbocycles. The maximum atomic E-state index is 4.42. The van der Waals surface area contributed by atoms with Gasteiger partial charge in [0, 0.05) is 0 Å². The second-order valence-corrected chi connectivity index (χ2v) is 4.54. The van der Waals surface area contributed by atoms with Gasteiger partial charge in [-0.3, -0.25) is 0 Å². The molecule has 0 unspecified atom stereocenters. The molecule has 1 heterocycles. The fraction of sp³-hybridized carbons (Fsp3) is 0.857. The number of hydrogen-bond acceptors (Lipinski definition) is 2. The third-order valence-electron chi connectivity index (χ3n) is 1.53. The summed E-state index contributed by atoms with van der Waals surface area (Å²) in [5.41, 5.74) is -0.0619. The van der Waals surface area contributed by atoms with Gasteiger partial charge in [0.2, 0.25) is 0 Å². The molecule has 0 bridgehead atoms. The van der Waals surface area contributed by atoms with Crippen LogP contribution in [0.25, 0.3) is 0 Å². The van der Waals surface area contributed by atoms with E-state index < -0.39 is 0 Å². The van der Waals surface area contributed by atoms with Gasteiger partial charge in [-0.25, -0.2) is 0 Å². The topological polar surface area (TPSA) is 24.4 Å². The fourth-order valence-electron chi connectivity index (χ4n) is 1.24. The molecular weight excluding hydrogens is 191 g/mol. The van der Waals surface area contributed by atoms with Gasteiger partial charge in [-0.15, -0.1) is 0 Å². The van der Waals surface area contributed by atoms with Crippen LogP contribution < -0.4 is 5.32 Å². The average Bonchev–Trinajstić information content (AvgIpc) is 1.73. The Labute approximate surface area is 70.3 Å². The number of hydrogen-bond donors (Lipinski definition) is 1. The van der Waals surface area contributed by atoms with Gasteiger partial charge in [-0.2, -0.15) is 0 Å². The molecule has 0 aromatic rings. The first kappa shape index (κ1) is 8.25. The van der Waals surface area contributed by atoms with Gasteiger partial charge in [0.15, 0.2) is 0 Å². The van der Waals surface area contributed by atoms with Crippen LogP contribution in [-0.2, 0) is 0 Å². The van der Waals surface area contributed by atoms with Crippen molar-refractivity contribution in [3.63, 3.8) is 0 Å². The molecule has 1 radical (unpaired) electrons. The fourth-order valence-corrected chi connectivity index (χ4v) is 1.83. The van der Waals surface area contributed by atoms with E-state index in [1.54, 1.807) is 0 Å². The molecule has 0 spiro atoms. The second-order valence-electron chi connectivity index (χ2n) is 3.73. The summed E-state index contributed by atoms with van der Waals surface area (Å²) in [5.74, 6) is 0. The molecule has 1 rings (SSSR count). The Morgan fingerprint density at radius 2 is 1.80 bits per heavy atom. The zero-order valence-corrected chi connectivity index (χ0v) is 8.57. The first-order chi connectivity index (χ1) is 4.33. The van der Waals surface area contributed by atoms with E-state index >= 15 is 0 Å². The predicted molar refractivity (Wildman–Crippen MR) is 44.5 cm³/mol. The molecule has 0 amide bonds. The molecule has 0 atom stereocenters. The van der Waals surface area contributed by atoms with Crippen LogP contribution >= 0.6 is 0 Å². The van der Waals surface area contributed by atoms with Gasteiger partial charge in [0.05, 0.1) is 0 Å². The molecule has 0 saturated heterocycles. The van der Waals surface area contributed by atoms with Gasteiger partial charge < -0.3 is 0 Å². The number of aliphatic imine (C=N–C) groups is 1. The Morgan fingerprint density at radius 3 is 1.90 bits per heavy atom. The predicted octanol–water partition coefficient (Wildman–Crippen LogP) is 0.671. The minimum absolute atomic E-state index is 0.0312. The first-order valence-electron chi connectivity index (χ1n) is 3.40. The Hall–Kier alpha value is 0.149. The molecule has 57 valence electrons. The zero-order valence-electron chi connectivity index (χ0n) is 6.86. The summed E-state index contributed by atoms with van der Waals surface area (Å²) in [6.45, 7) is 8.38. The summed E-state index contributed by atoms with van der Waals surface area (Å²) in [6, 6.07) is 0. The van der Waals surface area contributed by atoms with Crippen LogP contribution in [0.2, 0.25) is 0 Å². The van der Waals surface area contributed by atoms with Crippen LogP contribution in [0.5, 0.6) is 0 Å². The average molecular weight is 204 g/mol. The van der Waals surface area contributed by atoms with Crippen LogP contribution in [0.1, 0.15) is 27.7 Å². The normalized spacial score (nSPS) is 28.2. The zero-order chi connectivity index (χ0) is 7.99. The van der Waals surface area contributed by atoms with Crippen molar-refractivity contribution in [2.45, 2.75) is 38.9 Å². The van der Waals surface area contributed by atoms with Crippen molar-refractivity contribution >= 4 is 20.6 Å². The Morgan fingerprint density at radius 1 is 1.30 bits per heavy atom. The molecule has 10 heavy (non-hydrogen) atoms. The molecule has 1 N–H and O–H groups in total. The SMILES string of the molecule is CC1(C)N=C([Se])C(C)(C)N1. The first-order valence-corrected chi connectivity index (χ1v) is 4.26. The number of nitrogens with zero attached hydrogens (tertiary/aromatic N) is 1. The quantitative estimate of drug-likeness (QED) is 0.576. The molecule has 2 nitrogen and oxygen atoms in total. The van der Waals surface area contributed by atoms with Crippen LogP contribution in [0.4, 0.5) is 0 Å². The molecule has 0 saturated carbocycles. The van der Waals surface area contributed by atoms with Crippen molar-refractivity contribution in [3.05, 3.63) is 0 Å². The van der Waals surface area contributed by atoms with E-state index in [4.69, 9.17) is 0 Å². The van der Waals surface area contributed by atoms with Crippen LogP contribution in [0, 0.1) is 0 Å². The molecule has 0 aromatic heterocycles. The maximum absolute atomic E-state index is 4.42. The summed E-state index contributed by atoms with van der Waals surface area (Å²) in [7, 11) is 0. The van der Waals surface area contributed by atoms with Gasteiger partial charge in [-0.05, 0) is 0 Å². The van der Waals surface area contributed by atoms with E-state index in [1.165, 1.54) is 0 Å². The van der Waals surface area contributed by atoms with E-state index in [9.17, 15) is 0 Å². The van der Waals surface area contributed by atoms with Crippen LogP contribution in [0.3, 0.4) is 0 Å². The second kappa shape index (κ2) is 2.07. The molecular formula is C7H13N2Se. The molecule has 0 fully saturated rings. The monoisotopic (exact) mass is 205 g/mol. The minimum atomic E-state index is -0.0932. The van der Waals surface area contributed by atoms with E-state index in [0.29, 0.717) is 0 Å². The van der Waals surface area contributed by atoms with Gasteiger partial charge in [0.25, 0.3) is 0 Å². The standard InChI is InChI=1S/C7H13N2Se/c1-6(2)5(10)8-7(3,4)9-6/h9H,1-4H3. The van der Waals surface area contributed by atoms with Gasteiger partial charge >= 0.3 is 69.8 Å². The molecule has 0 aliphatic carbocycles. The summed E-state index contributed by atoms with van der Waals surface area (Å²) in [4.78, 5) is 4.42. The number of rotatable bonds is 0. The summed E-state index contributed by atoms with van der Waals surface area (Å²) in [6.07, 6.45) is 0. The van der Waals surface area contributed by atoms with E-state index in [0.717, 1.165) is 4.61 Å². The van der Waals surface area contributed by atoms with E-state index in [1.807, 2.05) is 0 Å². The van der Waals surface area contributed by atoms with E-state index in [2.05, 4.69) is 54.0 Å². The van der Waals surface area contributed by atoms with Crippen molar-refractivity contribution < 1.29 is 0 Å². The molecule has 3 heteroatoms. The molecule has 1 aliphatic rings. The third-order valence-corrected chi connectivity index (χ3v) is 2.80. The van der Waals surface area contributed by atoms with E-state index in [-0.39, 0.29) is 11.2 Å². The summed E-state index contributed by atoms with van der Waals surface area (Å²) in [5, 5.41) is 3.38. The Kier molecular flexibility index (Phi) is 1.70. The summed E-state index contributed by atoms with van der Waals surface area (Å²) < 4.78 is 1.07. The van der Waals surface area contributed by atoms with Crippen molar-refractivity contribution in [1.29, 1.82) is 0 Å². The molecule has 1 aliphatic heterocycles. The van der Waals surface area contributed by atoms with Crippen molar-refractivity contribution in [1.82, 2.24) is 5.32 Å². The third kappa shape index (κ3) is 1.42. The van der Waals surface area contributed by atoms with Crippen molar-refractivity contribution in [3.8, 4) is 0 Å².